The van der Waals surface area contributed by atoms with Gasteiger partial charge in [0.25, 0.3) is 11.8 Å². The Morgan fingerprint density at radius 3 is 2.62 bits per heavy atom. The highest BCUT2D eigenvalue weighted by Crippen LogP contribution is 2.41. The average Bonchev–Trinajstić information content (AvgIpc) is 3.47. The maximum atomic E-state index is 13.7. The molecule has 34 heavy (non-hydrogen) atoms. The molecule has 3 N–H and O–H groups in total. The summed E-state index contributed by atoms with van der Waals surface area (Å²) in [5.74, 6) is -1.56. The van der Waals surface area contributed by atoms with Crippen LogP contribution in [0.15, 0.2) is 77.9 Å². The number of aliphatic hydroxyl groups is 1. The van der Waals surface area contributed by atoms with Crippen molar-refractivity contribution in [2.24, 2.45) is 5.92 Å². The molecular weight excluding hydrogens is 454 g/mol. The van der Waals surface area contributed by atoms with E-state index in [0.29, 0.717) is 29.2 Å². The fourth-order valence-corrected chi connectivity index (χ4v) is 5.35. The van der Waals surface area contributed by atoms with Crippen molar-refractivity contribution >= 4 is 23.4 Å². The molecule has 5 atom stereocenters. The second kappa shape index (κ2) is 9.72. The molecule has 7 nitrogen and oxygen atoms in total. The zero-order valence-corrected chi connectivity index (χ0v) is 19.2. The summed E-state index contributed by atoms with van der Waals surface area (Å²) in [5.41, 5.74) is 4.63. The third-order valence-corrected chi connectivity index (χ3v) is 6.94. The standard InChI is InChI=1S/C26H26ClN3O4/c27-18-11-10-17(12-18)24-23(25(32)29-34-15-16-6-2-1-3-7-16)19-8-4-5-9-20(19)26(33)30(24)21-13-28-14-22(21)31/h1-12,17,21-24,28,31H,13-15H2,(H,29,32). The van der Waals surface area contributed by atoms with E-state index in [0.717, 1.165) is 5.56 Å². The van der Waals surface area contributed by atoms with Crippen molar-refractivity contribution in [2.75, 3.05) is 13.1 Å². The monoisotopic (exact) mass is 479 g/mol. The number of fused-ring (bicyclic) bond motifs is 1. The number of nitrogens with one attached hydrogen (secondary N) is 2. The lowest BCUT2D eigenvalue weighted by atomic mass is 9.76. The predicted octanol–water partition coefficient (Wildman–Crippen LogP) is 2.48. The maximum Gasteiger partial charge on any atom is 0.254 e. The molecule has 0 aromatic heterocycles. The van der Waals surface area contributed by atoms with Gasteiger partial charge < -0.3 is 15.3 Å². The van der Waals surface area contributed by atoms with Gasteiger partial charge in [-0.2, -0.15) is 0 Å². The first-order valence-corrected chi connectivity index (χ1v) is 11.7. The molecule has 2 amide bonds. The zero-order chi connectivity index (χ0) is 23.7. The summed E-state index contributed by atoms with van der Waals surface area (Å²) < 4.78 is 0. The van der Waals surface area contributed by atoms with Crippen LogP contribution < -0.4 is 10.8 Å². The normalized spacial score (nSPS) is 28.1. The summed E-state index contributed by atoms with van der Waals surface area (Å²) in [5, 5.41) is 14.4. The van der Waals surface area contributed by atoms with Crippen LogP contribution in [-0.4, -0.2) is 53.1 Å². The average molecular weight is 480 g/mol. The lowest BCUT2D eigenvalue weighted by molar-refractivity contribution is -0.138. The van der Waals surface area contributed by atoms with Gasteiger partial charge >= 0.3 is 0 Å². The van der Waals surface area contributed by atoms with Crippen LogP contribution in [0, 0.1) is 5.92 Å². The summed E-state index contributed by atoms with van der Waals surface area (Å²) in [6, 6.07) is 15.7. The number of aliphatic hydroxyl groups excluding tert-OH is 1. The van der Waals surface area contributed by atoms with Gasteiger partial charge in [0.15, 0.2) is 0 Å². The molecule has 1 fully saturated rings. The lowest BCUT2D eigenvalue weighted by Crippen LogP contribution is -2.60. The van der Waals surface area contributed by atoms with Gasteiger partial charge in [-0.15, -0.1) is 0 Å². The van der Waals surface area contributed by atoms with E-state index < -0.39 is 24.1 Å². The molecule has 1 aliphatic carbocycles. The van der Waals surface area contributed by atoms with Crippen LogP contribution >= 0.6 is 11.6 Å². The van der Waals surface area contributed by atoms with E-state index >= 15 is 0 Å². The minimum Gasteiger partial charge on any atom is -0.390 e. The highest BCUT2D eigenvalue weighted by Gasteiger charge is 2.50. The topological polar surface area (TPSA) is 90.9 Å². The first-order valence-electron chi connectivity index (χ1n) is 11.4. The van der Waals surface area contributed by atoms with Crippen LogP contribution in [-0.2, 0) is 16.2 Å². The minimum absolute atomic E-state index is 0.201. The number of hydrogen-bond donors (Lipinski definition) is 3. The second-order valence-corrected chi connectivity index (χ2v) is 9.23. The summed E-state index contributed by atoms with van der Waals surface area (Å²) in [6.07, 6.45) is 4.79. The first kappa shape index (κ1) is 22.8. The van der Waals surface area contributed by atoms with Gasteiger partial charge in [0.1, 0.15) is 0 Å². The Kier molecular flexibility index (Phi) is 6.52. The zero-order valence-electron chi connectivity index (χ0n) is 18.4. The van der Waals surface area contributed by atoms with Gasteiger partial charge in [-0.3, -0.25) is 14.4 Å². The van der Waals surface area contributed by atoms with Crippen molar-refractivity contribution in [2.45, 2.75) is 30.7 Å². The van der Waals surface area contributed by atoms with Crippen molar-refractivity contribution in [1.29, 1.82) is 0 Å². The van der Waals surface area contributed by atoms with Crippen molar-refractivity contribution in [1.82, 2.24) is 15.7 Å². The molecule has 2 heterocycles. The molecule has 5 unspecified atom stereocenters. The molecule has 176 valence electrons. The molecule has 5 rings (SSSR count). The SMILES string of the molecule is O=C(NOCc1ccccc1)C1c2ccccc2C(=O)N(C2CNCC2O)C1C1C=CC(Cl)=C1. The fraction of sp³-hybridized carbons (Fsp3) is 0.308. The molecule has 2 aromatic rings. The van der Waals surface area contributed by atoms with Gasteiger partial charge in [0.05, 0.1) is 30.7 Å². The van der Waals surface area contributed by atoms with E-state index in [4.69, 9.17) is 16.4 Å². The van der Waals surface area contributed by atoms with E-state index in [-0.39, 0.29) is 24.3 Å². The van der Waals surface area contributed by atoms with Crippen molar-refractivity contribution in [3.8, 4) is 0 Å². The van der Waals surface area contributed by atoms with Crippen LogP contribution in [0.4, 0.5) is 0 Å². The molecular formula is C26H26ClN3O4. The van der Waals surface area contributed by atoms with Crippen LogP contribution in [0.2, 0.25) is 0 Å². The number of carbonyl (C=O) groups is 2. The number of allylic oxidation sites excluding steroid dienone is 2. The van der Waals surface area contributed by atoms with Gasteiger partial charge in [-0.05, 0) is 23.3 Å². The Morgan fingerprint density at radius 1 is 1.15 bits per heavy atom. The number of rotatable bonds is 6. The highest BCUT2D eigenvalue weighted by molar-refractivity contribution is 6.31. The number of hydrogen-bond acceptors (Lipinski definition) is 5. The van der Waals surface area contributed by atoms with Crippen molar-refractivity contribution < 1.29 is 19.5 Å². The smallest absolute Gasteiger partial charge is 0.254 e. The Bertz CT molecular complexity index is 1140. The van der Waals surface area contributed by atoms with Crippen molar-refractivity contribution in [3.05, 3.63) is 94.5 Å². The van der Waals surface area contributed by atoms with Gasteiger partial charge in [0, 0.05) is 29.6 Å². The number of amides is 2. The van der Waals surface area contributed by atoms with Crippen LogP contribution in [0.3, 0.4) is 0 Å². The van der Waals surface area contributed by atoms with Crippen molar-refractivity contribution in [3.63, 3.8) is 0 Å². The van der Waals surface area contributed by atoms with E-state index in [1.165, 1.54) is 0 Å². The Balaban J connectivity index is 1.51. The second-order valence-electron chi connectivity index (χ2n) is 8.79. The van der Waals surface area contributed by atoms with Crippen LogP contribution in [0.5, 0.6) is 0 Å². The number of nitrogens with zero attached hydrogens (tertiary/aromatic N) is 1. The molecule has 3 aliphatic rings. The van der Waals surface area contributed by atoms with E-state index in [9.17, 15) is 14.7 Å². The molecule has 1 saturated heterocycles. The molecule has 0 radical (unpaired) electrons. The number of β-amino-alcohol motifs (C(OH)–C–C–N with tert-alkyl or cyclic N) is 1. The van der Waals surface area contributed by atoms with E-state index in [1.807, 2.05) is 54.6 Å². The molecule has 2 aromatic carbocycles. The third-order valence-electron chi connectivity index (χ3n) is 6.69. The third kappa shape index (κ3) is 4.28. The van der Waals surface area contributed by atoms with Gasteiger partial charge in [-0.25, -0.2) is 5.48 Å². The molecule has 2 aliphatic heterocycles. The van der Waals surface area contributed by atoms with Crippen LogP contribution in [0.25, 0.3) is 0 Å². The van der Waals surface area contributed by atoms with Gasteiger partial charge in [-0.1, -0.05) is 72.3 Å². The Labute approximate surface area is 203 Å². The molecule has 0 spiro atoms. The summed E-state index contributed by atoms with van der Waals surface area (Å²) in [4.78, 5) is 34.6. The number of hydroxylamine groups is 1. The number of benzene rings is 2. The minimum atomic E-state index is -0.736. The summed E-state index contributed by atoms with van der Waals surface area (Å²) in [7, 11) is 0. The Morgan fingerprint density at radius 2 is 1.91 bits per heavy atom. The maximum absolute atomic E-state index is 13.7. The fourth-order valence-electron chi connectivity index (χ4n) is 5.13. The lowest BCUT2D eigenvalue weighted by Gasteiger charge is -2.46. The van der Waals surface area contributed by atoms with E-state index in [1.54, 1.807) is 23.1 Å². The molecule has 0 saturated carbocycles. The van der Waals surface area contributed by atoms with Gasteiger partial charge in [0.2, 0.25) is 0 Å². The predicted molar refractivity (Wildman–Crippen MR) is 128 cm³/mol. The number of halogens is 1. The quantitative estimate of drug-likeness (QED) is 0.554. The summed E-state index contributed by atoms with van der Waals surface area (Å²) in [6.45, 7) is 1.05. The van der Waals surface area contributed by atoms with Crippen LogP contribution in [0.1, 0.15) is 27.4 Å². The molecule has 8 heteroatoms. The summed E-state index contributed by atoms with van der Waals surface area (Å²) >= 11 is 6.26. The molecule has 0 bridgehead atoms. The largest absolute Gasteiger partial charge is 0.390 e. The first-order chi connectivity index (χ1) is 16.5. The highest BCUT2D eigenvalue weighted by atomic mass is 35.5. The Hall–Kier alpha value is -2.97. The van der Waals surface area contributed by atoms with E-state index in [2.05, 4.69) is 10.8 Å². The number of carbonyl (C=O) groups excluding carboxylic acids is 2.